The van der Waals surface area contributed by atoms with E-state index in [0.717, 1.165) is 6.42 Å². The molecule has 1 heterocycles. The van der Waals surface area contributed by atoms with Crippen LogP contribution in [0.5, 0.6) is 5.75 Å². The summed E-state index contributed by atoms with van der Waals surface area (Å²) in [6.07, 6.45) is 0.134. The maximum absolute atomic E-state index is 11.9. The van der Waals surface area contributed by atoms with Crippen LogP contribution in [0.25, 0.3) is 0 Å². The van der Waals surface area contributed by atoms with Crippen LogP contribution in [0.3, 0.4) is 0 Å². The molecule has 1 unspecified atom stereocenters. The summed E-state index contributed by atoms with van der Waals surface area (Å²) in [6, 6.07) is 6.82. The highest BCUT2D eigenvalue weighted by Gasteiger charge is 2.18. The summed E-state index contributed by atoms with van der Waals surface area (Å²) < 4.78 is 12.3. The van der Waals surface area contributed by atoms with Gasteiger partial charge in [-0.3, -0.25) is 0 Å². The lowest BCUT2D eigenvalue weighted by atomic mass is 10.3. The standard InChI is InChI=1S/C14H17ClN4O3/c1-3-7-19-13(16-17-18-19)9-21-14(20)10(2)22-12-6-4-5-11(15)8-12/h4-6,8,10H,3,7,9H2,1-2H3. The molecule has 2 rings (SSSR count). The van der Waals surface area contributed by atoms with Crippen molar-refractivity contribution in [2.45, 2.75) is 39.5 Å². The predicted molar refractivity (Wildman–Crippen MR) is 79.4 cm³/mol. The molecule has 118 valence electrons. The molecule has 0 amide bonds. The minimum Gasteiger partial charge on any atom is -0.479 e. The first-order valence-electron chi connectivity index (χ1n) is 6.94. The van der Waals surface area contributed by atoms with Gasteiger partial charge in [-0.2, -0.15) is 0 Å². The molecule has 2 aromatic rings. The van der Waals surface area contributed by atoms with Gasteiger partial charge in [0.2, 0.25) is 0 Å². The van der Waals surface area contributed by atoms with Gasteiger partial charge in [-0.15, -0.1) is 5.10 Å². The molecular weight excluding hydrogens is 308 g/mol. The number of ether oxygens (including phenoxy) is 2. The number of aromatic nitrogens is 4. The zero-order chi connectivity index (χ0) is 15.9. The Morgan fingerprint density at radius 3 is 3.00 bits per heavy atom. The van der Waals surface area contributed by atoms with E-state index >= 15 is 0 Å². The van der Waals surface area contributed by atoms with Gasteiger partial charge in [0.05, 0.1) is 0 Å². The van der Waals surface area contributed by atoms with Crippen LogP contribution in [0.15, 0.2) is 24.3 Å². The number of hydrogen-bond acceptors (Lipinski definition) is 6. The Morgan fingerprint density at radius 2 is 2.27 bits per heavy atom. The van der Waals surface area contributed by atoms with E-state index < -0.39 is 12.1 Å². The molecule has 0 saturated carbocycles. The van der Waals surface area contributed by atoms with Gasteiger partial charge in [0.25, 0.3) is 0 Å². The molecule has 0 aliphatic carbocycles. The van der Waals surface area contributed by atoms with Crippen LogP contribution in [0, 0.1) is 0 Å². The van der Waals surface area contributed by atoms with E-state index in [2.05, 4.69) is 15.5 Å². The van der Waals surface area contributed by atoms with E-state index in [9.17, 15) is 4.79 Å². The molecule has 1 aromatic heterocycles. The highest BCUT2D eigenvalue weighted by atomic mass is 35.5. The maximum atomic E-state index is 11.9. The van der Waals surface area contributed by atoms with Gasteiger partial charge in [0.15, 0.2) is 18.5 Å². The zero-order valence-electron chi connectivity index (χ0n) is 12.4. The SMILES string of the molecule is CCCn1nnnc1COC(=O)C(C)Oc1cccc(Cl)c1. The fraction of sp³-hybridized carbons (Fsp3) is 0.429. The third-order valence-electron chi connectivity index (χ3n) is 2.83. The fourth-order valence-corrected chi connectivity index (χ4v) is 1.94. The van der Waals surface area contributed by atoms with E-state index in [1.807, 2.05) is 6.92 Å². The Kier molecular flexibility index (Phi) is 5.71. The van der Waals surface area contributed by atoms with Crippen LogP contribution in [0.4, 0.5) is 0 Å². The zero-order valence-corrected chi connectivity index (χ0v) is 13.2. The second kappa shape index (κ2) is 7.74. The molecule has 0 radical (unpaired) electrons. The summed E-state index contributed by atoms with van der Waals surface area (Å²) in [5, 5.41) is 11.8. The van der Waals surface area contributed by atoms with Crippen LogP contribution >= 0.6 is 11.6 Å². The summed E-state index contributed by atoms with van der Waals surface area (Å²) in [5.41, 5.74) is 0. The van der Waals surface area contributed by atoms with Gasteiger partial charge in [-0.05, 0) is 42.0 Å². The van der Waals surface area contributed by atoms with Crippen molar-refractivity contribution in [2.24, 2.45) is 0 Å². The molecule has 0 saturated heterocycles. The minimum atomic E-state index is -0.756. The second-order valence-electron chi connectivity index (χ2n) is 4.64. The molecule has 1 atom stereocenters. The molecule has 0 aliphatic heterocycles. The van der Waals surface area contributed by atoms with E-state index in [0.29, 0.717) is 23.1 Å². The smallest absolute Gasteiger partial charge is 0.347 e. The van der Waals surface area contributed by atoms with Crippen molar-refractivity contribution in [3.63, 3.8) is 0 Å². The molecule has 0 aliphatic rings. The first kappa shape index (κ1) is 16.2. The average molecular weight is 325 g/mol. The van der Waals surface area contributed by atoms with E-state index in [-0.39, 0.29) is 6.61 Å². The first-order chi connectivity index (χ1) is 10.6. The number of halogens is 1. The Hall–Kier alpha value is -2.15. The van der Waals surface area contributed by atoms with Gasteiger partial charge in [0.1, 0.15) is 5.75 Å². The van der Waals surface area contributed by atoms with Crippen molar-refractivity contribution < 1.29 is 14.3 Å². The molecule has 7 nitrogen and oxygen atoms in total. The Bertz CT molecular complexity index is 632. The van der Waals surface area contributed by atoms with Crippen LogP contribution in [0.2, 0.25) is 5.02 Å². The number of hydrogen-bond donors (Lipinski definition) is 0. The van der Waals surface area contributed by atoms with Gasteiger partial charge >= 0.3 is 5.97 Å². The number of rotatable bonds is 7. The van der Waals surface area contributed by atoms with Crippen LogP contribution in [0.1, 0.15) is 26.1 Å². The number of benzene rings is 1. The highest BCUT2D eigenvalue weighted by Crippen LogP contribution is 2.18. The third kappa shape index (κ3) is 4.42. The first-order valence-corrected chi connectivity index (χ1v) is 7.32. The van der Waals surface area contributed by atoms with E-state index in [4.69, 9.17) is 21.1 Å². The Labute approximate surface area is 133 Å². The molecule has 0 N–H and O–H groups in total. The minimum absolute atomic E-state index is 0.00901. The van der Waals surface area contributed by atoms with Gasteiger partial charge in [-0.25, -0.2) is 9.48 Å². The monoisotopic (exact) mass is 324 g/mol. The lowest BCUT2D eigenvalue weighted by molar-refractivity contribution is -0.152. The summed E-state index contributed by atoms with van der Waals surface area (Å²) in [5.74, 6) is 0.518. The van der Waals surface area contributed by atoms with Crippen molar-refractivity contribution in [2.75, 3.05) is 0 Å². The van der Waals surface area contributed by atoms with Crippen molar-refractivity contribution in [1.29, 1.82) is 0 Å². The number of nitrogens with zero attached hydrogens (tertiary/aromatic N) is 4. The molecule has 0 spiro atoms. The van der Waals surface area contributed by atoms with Crippen LogP contribution in [-0.2, 0) is 22.7 Å². The Morgan fingerprint density at radius 1 is 1.45 bits per heavy atom. The number of tetrazole rings is 1. The largest absolute Gasteiger partial charge is 0.479 e. The number of carbonyl (C=O) groups excluding carboxylic acids is 1. The topological polar surface area (TPSA) is 79.1 Å². The highest BCUT2D eigenvalue weighted by molar-refractivity contribution is 6.30. The molecule has 0 fully saturated rings. The maximum Gasteiger partial charge on any atom is 0.347 e. The number of carbonyl (C=O) groups is 1. The van der Waals surface area contributed by atoms with Gasteiger partial charge < -0.3 is 9.47 Å². The van der Waals surface area contributed by atoms with E-state index in [1.165, 1.54) is 0 Å². The third-order valence-corrected chi connectivity index (χ3v) is 3.06. The molecular formula is C14H17ClN4O3. The van der Waals surface area contributed by atoms with Crippen LogP contribution in [-0.4, -0.2) is 32.3 Å². The fourth-order valence-electron chi connectivity index (χ4n) is 1.76. The van der Waals surface area contributed by atoms with Crippen molar-refractivity contribution in [1.82, 2.24) is 20.2 Å². The number of esters is 1. The lowest BCUT2D eigenvalue weighted by Gasteiger charge is -2.14. The molecule has 0 bridgehead atoms. The molecule has 8 heteroatoms. The van der Waals surface area contributed by atoms with Crippen molar-refractivity contribution in [3.05, 3.63) is 35.1 Å². The van der Waals surface area contributed by atoms with Crippen molar-refractivity contribution in [3.8, 4) is 5.75 Å². The summed E-state index contributed by atoms with van der Waals surface area (Å²) in [7, 11) is 0. The predicted octanol–water partition coefficient (Wildman–Crippen LogP) is 2.25. The number of aryl methyl sites for hydroxylation is 1. The lowest BCUT2D eigenvalue weighted by Crippen LogP contribution is -2.26. The van der Waals surface area contributed by atoms with E-state index in [1.54, 1.807) is 35.9 Å². The summed E-state index contributed by atoms with van der Waals surface area (Å²) in [6.45, 7) is 4.31. The van der Waals surface area contributed by atoms with Crippen LogP contribution < -0.4 is 4.74 Å². The van der Waals surface area contributed by atoms with Gasteiger partial charge in [0, 0.05) is 11.6 Å². The molecule has 22 heavy (non-hydrogen) atoms. The van der Waals surface area contributed by atoms with Gasteiger partial charge in [-0.1, -0.05) is 24.6 Å². The molecule has 1 aromatic carbocycles. The van der Waals surface area contributed by atoms with Crippen molar-refractivity contribution >= 4 is 17.6 Å². The Balaban J connectivity index is 1.87. The second-order valence-corrected chi connectivity index (χ2v) is 5.08. The summed E-state index contributed by atoms with van der Waals surface area (Å²) >= 11 is 5.86. The summed E-state index contributed by atoms with van der Waals surface area (Å²) in [4.78, 5) is 11.9. The quantitative estimate of drug-likeness (QED) is 0.727. The normalized spacial score (nSPS) is 12.0. The average Bonchev–Trinajstić information content (AvgIpc) is 2.92.